The van der Waals surface area contributed by atoms with Crippen molar-refractivity contribution in [3.63, 3.8) is 0 Å². The Labute approximate surface area is 163 Å². The molecule has 1 aliphatic rings. The molecule has 0 saturated carbocycles. The summed E-state index contributed by atoms with van der Waals surface area (Å²) >= 11 is 0. The molecule has 0 radical (unpaired) electrons. The van der Waals surface area contributed by atoms with Crippen molar-refractivity contribution in [1.82, 2.24) is 5.32 Å². The van der Waals surface area contributed by atoms with Crippen LogP contribution < -0.4 is 19.5 Å². The minimum Gasteiger partial charge on any atom is -0.497 e. The lowest BCUT2D eigenvalue weighted by atomic mass is 9.98. The van der Waals surface area contributed by atoms with Gasteiger partial charge in [-0.2, -0.15) is 0 Å². The second-order valence-corrected chi connectivity index (χ2v) is 6.49. The fourth-order valence-electron chi connectivity index (χ4n) is 3.18. The van der Waals surface area contributed by atoms with Crippen molar-refractivity contribution in [2.75, 3.05) is 13.7 Å². The number of hydrogen-bond acceptors (Lipinski definition) is 4. The lowest BCUT2D eigenvalue weighted by Gasteiger charge is -2.28. The molecule has 3 aromatic carbocycles. The molecule has 28 heavy (non-hydrogen) atoms. The molecule has 0 aromatic heterocycles. The Morgan fingerprint density at radius 3 is 2.29 bits per heavy atom. The summed E-state index contributed by atoms with van der Waals surface area (Å²) in [6.45, 7) is 0.174. The first-order chi connectivity index (χ1) is 13.7. The van der Waals surface area contributed by atoms with E-state index in [1.54, 1.807) is 13.2 Å². The summed E-state index contributed by atoms with van der Waals surface area (Å²) in [5, 5.41) is 3.10. The SMILES string of the molecule is COc1ccc([C@@H](NC(=O)[C@@H]2COc3ccccc3O2)c2ccccc2)cc1. The Morgan fingerprint density at radius 1 is 0.929 bits per heavy atom. The number of rotatable bonds is 5. The zero-order chi connectivity index (χ0) is 19.3. The average molecular weight is 375 g/mol. The zero-order valence-electron chi connectivity index (χ0n) is 15.5. The fraction of sp³-hybridized carbons (Fsp3) is 0.174. The molecule has 1 amide bonds. The maximum Gasteiger partial charge on any atom is 0.265 e. The van der Waals surface area contributed by atoms with Crippen LogP contribution in [0.15, 0.2) is 78.9 Å². The number of nitrogens with one attached hydrogen (secondary N) is 1. The van der Waals surface area contributed by atoms with Gasteiger partial charge in [0, 0.05) is 0 Å². The van der Waals surface area contributed by atoms with Crippen LogP contribution in [0, 0.1) is 0 Å². The molecule has 2 atom stereocenters. The number of carbonyl (C=O) groups excluding carboxylic acids is 1. The Balaban J connectivity index is 1.56. The highest BCUT2D eigenvalue weighted by molar-refractivity contribution is 5.82. The third kappa shape index (κ3) is 3.78. The summed E-state index contributed by atoms with van der Waals surface area (Å²) in [4.78, 5) is 12.9. The van der Waals surface area contributed by atoms with Crippen molar-refractivity contribution < 1.29 is 19.0 Å². The Morgan fingerprint density at radius 2 is 1.57 bits per heavy atom. The molecule has 0 unspecified atom stereocenters. The molecular formula is C23H21NO4. The first-order valence-electron chi connectivity index (χ1n) is 9.12. The van der Waals surface area contributed by atoms with Crippen LogP contribution in [0.3, 0.4) is 0 Å². The lowest BCUT2D eigenvalue weighted by molar-refractivity contribution is -0.130. The molecule has 0 aliphatic carbocycles. The molecule has 1 N–H and O–H groups in total. The van der Waals surface area contributed by atoms with Crippen molar-refractivity contribution in [3.05, 3.63) is 90.0 Å². The van der Waals surface area contributed by atoms with Gasteiger partial charge in [0.05, 0.1) is 13.2 Å². The van der Waals surface area contributed by atoms with Gasteiger partial charge >= 0.3 is 0 Å². The molecule has 3 aromatic rings. The molecule has 0 fully saturated rings. The third-order valence-corrected chi connectivity index (χ3v) is 4.67. The Kier molecular flexibility index (Phi) is 5.15. The largest absolute Gasteiger partial charge is 0.497 e. The van der Waals surface area contributed by atoms with Gasteiger partial charge in [0.25, 0.3) is 5.91 Å². The van der Waals surface area contributed by atoms with Gasteiger partial charge in [-0.3, -0.25) is 4.79 Å². The average Bonchev–Trinajstić information content (AvgIpc) is 2.77. The predicted octanol–water partition coefficient (Wildman–Crippen LogP) is 3.74. The number of fused-ring (bicyclic) bond motifs is 1. The molecule has 0 bridgehead atoms. The van der Waals surface area contributed by atoms with Crippen LogP contribution in [0.2, 0.25) is 0 Å². The van der Waals surface area contributed by atoms with Crippen LogP contribution in [0.4, 0.5) is 0 Å². The predicted molar refractivity (Wildman–Crippen MR) is 106 cm³/mol. The smallest absolute Gasteiger partial charge is 0.265 e. The maximum atomic E-state index is 12.9. The van der Waals surface area contributed by atoms with Gasteiger partial charge in [0.1, 0.15) is 12.4 Å². The van der Waals surface area contributed by atoms with E-state index in [0.29, 0.717) is 11.5 Å². The van der Waals surface area contributed by atoms with Crippen molar-refractivity contribution in [2.24, 2.45) is 0 Å². The van der Waals surface area contributed by atoms with E-state index in [1.807, 2.05) is 72.8 Å². The second-order valence-electron chi connectivity index (χ2n) is 6.49. The zero-order valence-corrected chi connectivity index (χ0v) is 15.5. The van der Waals surface area contributed by atoms with Gasteiger partial charge in [0.15, 0.2) is 11.5 Å². The number of benzene rings is 3. The van der Waals surface area contributed by atoms with Crippen LogP contribution in [0.5, 0.6) is 17.2 Å². The fourth-order valence-corrected chi connectivity index (χ4v) is 3.18. The van der Waals surface area contributed by atoms with E-state index in [1.165, 1.54) is 0 Å². The summed E-state index contributed by atoms with van der Waals surface area (Å²) in [6.07, 6.45) is -0.709. The van der Waals surface area contributed by atoms with Crippen molar-refractivity contribution in [2.45, 2.75) is 12.1 Å². The van der Waals surface area contributed by atoms with E-state index in [2.05, 4.69) is 5.32 Å². The second kappa shape index (κ2) is 8.05. The molecule has 5 heteroatoms. The van der Waals surface area contributed by atoms with E-state index in [0.717, 1.165) is 16.9 Å². The number of para-hydroxylation sites is 2. The van der Waals surface area contributed by atoms with Gasteiger partial charge in [-0.1, -0.05) is 54.6 Å². The van der Waals surface area contributed by atoms with Gasteiger partial charge in [-0.25, -0.2) is 0 Å². The number of carbonyl (C=O) groups is 1. The summed E-state index contributed by atoms with van der Waals surface area (Å²) < 4.78 is 16.8. The number of ether oxygens (including phenoxy) is 3. The maximum absolute atomic E-state index is 12.9. The van der Waals surface area contributed by atoms with Crippen LogP contribution in [-0.4, -0.2) is 25.7 Å². The summed E-state index contributed by atoms with van der Waals surface area (Å²) in [7, 11) is 1.63. The molecule has 1 heterocycles. The van der Waals surface area contributed by atoms with Crippen molar-refractivity contribution in [1.29, 1.82) is 0 Å². The molecule has 0 saturated heterocycles. The van der Waals surface area contributed by atoms with E-state index in [-0.39, 0.29) is 18.6 Å². The third-order valence-electron chi connectivity index (χ3n) is 4.67. The van der Waals surface area contributed by atoms with Crippen LogP contribution in [0.1, 0.15) is 17.2 Å². The highest BCUT2D eigenvalue weighted by atomic mass is 16.6. The summed E-state index contributed by atoms with van der Waals surface area (Å²) in [5.41, 5.74) is 1.94. The molecule has 1 aliphatic heterocycles. The minimum absolute atomic E-state index is 0.174. The summed E-state index contributed by atoms with van der Waals surface area (Å²) in [6, 6.07) is 24.5. The lowest BCUT2D eigenvalue weighted by Crippen LogP contribution is -2.45. The van der Waals surface area contributed by atoms with Crippen molar-refractivity contribution in [3.8, 4) is 17.2 Å². The van der Waals surface area contributed by atoms with Gasteiger partial charge in [-0.05, 0) is 35.4 Å². The monoisotopic (exact) mass is 375 g/mol. The topological polar surface area (TPSA) is 56.8 Å². The van der Waals surface area contributed by atoms with Gasteiger partial charge in [-0.15, -0.1) is 0 Å². The first kappa shape index (κ1) is 17.9. The quantitative estimate of drug-likeness (QED) is 0.738. The van der Waals surface area contributed by atoms with Gasteiger partial charge < -0.3 is 19.5 Å². The van der Waals surface area contributed by atoms with E-state index < -0.39 is 6.10 Å². The minimum atomic E-state index is -0.709. The van der Waals surface area contributed by atoms with E-state index in [4.69, 9.17) is 14.2 Å². The number of amides is 1. The van der Waals surface area contributed by atoms with Crippen LogP contribution in [-0.2, 0) is 4.79 Å². The van der Waals surface area contributed by atoms with Crippen LogP contribution >= 0.6 is 0 Å². The highest BCUT2D eigenvalue weighted by Crippen LogP contribution is 2.31. The highest BCUT2D eigenvalue weighted by Gasteiger charge is 2.29. The van der Waals surface area contributed by atoms with E-state index in [9.17, 15) is 4.79 Å². The first-order valence-corrected chi connectivity index (χ1v) is 9.12. The molecule has 5 nitrogen and oxygen atoms in total. The van der Waals surface area contributed by atoms with Gasteiger partial charge in [0.2, 0.25) is 6.10 Å². The van der Waals surface area contributed by atoms with Crippen molar-refractivity contribution >= 4 is 5.91 Å². The normalized spacial score (nSPS) is 16.1. The molecule has 0 spiro atoms. The molecule has 142 valence electrons. The Hall–Kier alpha value is -3.47. The summed E-state index contributed by atoms with van der Waals surface area (Å²) in [5.74, 6) is 1.78. The van der Waals surface area contributed by atoms with Crippen LogP contribution in [0.25, 0.3) is 0 Å². The number of methoxy groups -OCH3 is 1. The molecule has 4 rings (SSSR count). The molecular weight excluding hydrogens is 354 g/mol. The van der Waals surface area contributed by atoms with E-state index >= 15 is 0 Å². The standard InChI is InChI=1S/C23H21NO4/c1-26-18-13-11-17(12-14-18)22(16-7-3-2-4-8-16)24-23(25)21-15-27-19-9-5-6-10-20(19)28-21/h2-14,21-22H,15H2,1H3,(H,24,25)/t21-,22-/m0/s1. The number of hydrogen-bond donors (Lipinski definition) is 1. The Bertz CT molecular complexity index is 940.